The summed E-state index contributed by atoms with van der Waals surface area (Å²) >= 11 is 1.35. The highest BCUT2D eigenvalue weighted by Gasteiger charge is 2.33. The number of nitrogens with one attached hydrogen (secondary N) is 2. The summed E-state index contributed by atoms with van der Waals surface area (Å²) in [7, 11) is 0. The van der Waals surface area contributed by atoms with Crippen molar-refractivity contribution in [2.45, 2.75) is 25.7 Å². The maximum atomic E-state index is 13.4. The second-order valence-electron chi connectivity index (χ2n) is 6.86. The summed E-state index contributed by atoms with van der Waals surface area (Å²) in [4.78, 5) is 30.4. The number of hydrogen-bond acceptors (Lipinski definition) is 4. The lowest BCUT2D eigenvalue weighted by Crippen LogP contribution is -2.20. The second kappa shape index (κ2) is 7.71. The van der Waals surface area contributed by atoms with Gasteiger partial charge < -0.3 is 5.32 Å². The van der Waals surface area contributed by atoms with Gasteiger partial charge in [0.15, 0.2) is 16.8 Å². The number of aryl methyl sites for hydroxylation is 2. The van der Waals surface area contributed by atoms with Crippen molar-refractivity contribution in [2.24, 2.45) is 0 Å². The molecule has 0 bridgehead atoms. The Labute approximate surface area is 169 Å². The van der Waals surface area contributed by atoms with Gasteiger partial charge in [0.05, 0.1) is 11.6 Å². The molecule has 8 heteroatoms. The number of aromatic nitrogens is 1. The van der Waals surface area contributed by atoms with Crippen LogP contribution in [0.25, 0.3) is 0 Å². The van der Waals surface area contributed by atoms with E-state index in [0.717, 1.165) is 22.6 Å². The molecule has 2 aromatic carbocycles. The van der Waals surface area contributed by atoms with E-state index in [1.165, 1.54) is 17.4 Å². The number of carbonyl (C=O) groups is 2. The molecule has 0 unspecified atom stereocenters. The minimum absolute atomic E-state index is 0.186. The molecule has 1 aromatic heterocycles. The number of nitrogens with zero attached hydrogens (tertiary/aromatic N) is 1. The van der Waals surface area contributed by atoms with Crippen LogP contribution in [-0.2, 0) is 11.2 Å². The first-order chi connectivity index (χ1) is 13.9. The Bertz CT molecular complexity index is 1100. The Balaban J connectivity index is 1.46. The van der Waals surface area contributed by atoms with E-state index in [0.29, 0.717) is 29.2 Å². The predicted molar refractivity (Wildman–Crippen MR) is 107 cm³/mol. The number of thiazole rings is 1. The lowest BCUT2D eigenvalue weighted by Gasteiger charge is -2.11. The van der Waals surface area contributed by atoms with E-state index in [9.17, 15) is 18.4 Å². The fourth-order valence-electron chi connectivity index (χ4n) is 3.21. The number of amides is 2. The van der Waals surface area contributed by atoms with Gasteiger partial charge in [0.1, 0.15) is 0 Å². The van der Waals surface area contributed by atoms with Crippen molar-refractivity contribution in [3.05, 3.63) is 75.8 Å². The molecule has 2 amide bonds. The average Bonchev–Trinajstić information content (AvgIpc) is 3.25. The normalized spacial score (nSPS) is 15.1. The van der Waals surface area contributed by atoms with Crippen LogP contribution in [0, 0.1) is 18.6 Å². The molecule has 0 fully saturated rings. The van der Waals surface area contributed by atoms with Gasteiger partial charge >= 0.3 is 0 Å². The lowest BCUT2D eigenvalue weighted by atomic mass is 10.1. The molecule has 3 aromatic rings. The van der Waals surface area contributed by atoms with Crippen molar-refractivity contribution in [1.29, 1.82) is 0 Å². The van der Waals surface area contributed by atoms with Gasteiger partial charge in [-0.15, -0.1) is 11.3 Å². The summed E-state index contributed by atoms with van der Waals surface area (Å²) in [6.07, 6.45) is 1.25. The summed E-state index contributed by atoms with van der Waals surface area (Å²) in [5, 5.41) is 5.82. The van der Waals surface area contributed by atoms with Gasteiger partial charge in [-0.1, -0.05) is 17.7 Å². The van der Waals surface area contributed by atoms with Gasteiger partial charge in [-0.05, 0) is 44.0 Å². The molecule has 1 aliphatic carbocycles. The minimum Gasteiger partial charge on any atom is -0.325 e. The SMILES string of the molecule is Cc1ccc(C(=O)Nc2nc3c(s2)CC[C@@H]3C(=O)Nc2ccc(F)c(F)c2)cc1. The van der Waals surface area contributed by atoms with Crippen molar-refractivity contribution >= 4 is 34.0 Å². The van der Waals surface area contributed by atoms with Crippen molar-refractivity contribution < 1.29 is 18.4 Å². The van der Waals surface area contributed by atoms with Crippen molar-refractivity contribution in [1.82, 2.24) is 4.98 Å². The fraction of sp³-hybridized carbons (Fsp3) is 0.190. The number of anilines is 2. The van der Waals surface area contributed by atoms with Crippen LogP contribution in [0.5, 0.6) is 0 Å². The molecule has 2 N–H and O–H groups in total. The number of rotatable bonds is 4. The maximum Gasteiger partial charge on any atom is 0.257 e. The van der Waals surface area contributed by atoms with E-state index in [1.807, 2.05) is 19.1 Å². The Kier molecular flexibility index (Phi) is 5.10. The number of fused-ring (bicyclic) bond motifs is 1. The smallest absolute Gasteiger partial charge is 0.257 e. The van der Waals surface area contributed by atoms with E-state index < -0.39 is 17.6 Å². The summed E-state index contributed by atoms with van der Waals surface area (Å²) in [6, 6.07) is 10.4. The number of hydrogen-bond donors (Lipinski definition) is 2. The molecule has 0 saturated carbocycles. The van der Waals surface area contributed by atoms with Gasteiger partial charge in [0.2, 0.25) is 5.91 Å². The third kappa shape index (κ3) is 4.02. The zero-order valence-corrected chi connectivity index (χ0v) is 16.3. The maximum absolute atomic E-state index is 13.4. The van der Waals surface area contributed by atoms with Crippen LogP contribution in [0.3, 0.4) is 0 Å². The highest BCUT2D eigenvalue weighted by molar-refractivity contribution is 7.16. The zero-order valence-electron chi connectivity index (χ0n) is 15.5. The number of benzene rings is 2. The van der Waals surface area contributed by atoms with E-state index in [2.05, 4.69) is 15.6 Å². The number of carbonyl (C=O) groups excluding carboxylic acids is 2. The van der Waals surface area contributed by atoms with Crippen molar-refractivity contribution in [3.8, 4) is 0 Å². The highest BCUT2D eigenvalue weighted by Crippen LogP contribution is 2.39. The highest BCUT2D eigenvalue weighted by atomic mass is 32.1. The quantitative estimate of drug-likeness (QED) is 0.654. The Morgan fingerprint density at radius 3 is 2.55 bits per heavy atom. The molecule has 4 rings (SSSR count). The third-order valence-electron chi connectivity index (χ3n) is 4.76. The molecule has 1 aliphatic rings. The van der Waals surface area contributed by atoms with E-state index >= 15 is 0 Å². The van der Waals surface area contributed by atoms with Gasteiger partial charge in [-0.25, -0.2) is 13.8 Å². The predicted octanol–water partition coefficient (Wildman–Crippen LogP) is 4.65. The molecular weight excluding hydrogens is 396 g/mol. The van der Waals surface area contributed by atoms with Crippen molar-refractivity contribution in [3.63, 3.8) is 0 Å². The second-order valence-corrected chi connectivity index (χ2v) is 7.94. The lowest BCUT2D eigenvalue weighted by molar-refractivity contribution is -0.117. The standard InChI is InChI=1S/C21H17F2N3O2S/c1-11-2-4-12(5-3-11)19(27)26-21-25-18-14(7-9-17(18)29-21)20(28)24-13-6-8-15(22)16(23)10-13/h2-6,8,10,14H,7,9H2,1H3,(H,24,28)(H,25,26,27)/t14-/m0/s1. The van der Waals surface area contributed by atoms with Crippen LogP contribution in [0.1, 0.15) is 38.8 Å². The van der Waals surface area contributed by atoms with E-state index in [4.69, 9.17) is 0 Å². The molecular formula is C21H17F2N3O2S. The summed E-state index contributed by atoms with van der Waals surface area (Å²) in [5.74, 6) is -3.10. The van der Waals surface area contributed by atoms with Crippen LogP contribution >= 0.6 is 11.3 Å². The van der Waals surface area contributed by atoms with Gasteiger partial charge in [0.25, 0.3) is 5.91 Å². The zero-order chi connectivity index (χ0) is 20.5. The first-order valence-corrected chi connectivity index (χ1v) is 9.86. The summed E-state index contributed by atoms with van der Waals surface area (Å²) < 4.78 is 26.4. The van der Waals surface area contributed by atoms with Crippen LogP contribution in [0.4, 0.5) is 19.6 Å². The monoisotopic (exact) mass is 413 g/mol. The largest absolute Gasteiger partial charge is 0.325 e. The first-order valence-electron chi connectivity index (χ1n) is 9.04. The Hall–Kier alpha value is -3.13. The molecule has 5 nitrogen and oxygen atoms in total. The van der Waals surface area contributed by atoms with Crippen molar-refractivity contribution in [2.75, 3.05) is 10.6 Å². The van der Waals surface area contributed by atoms with Gasteiger partial charge in [0, 0.05) is 22.2 Å². The average molecular weight is 413 g/mol. The van der Waals surface area contributed by atoms with Crippen LogP contribution < -0.4 is 10.6 Å². The summed E-state index contributed by atoms with van der Waals surface area (Å²) in [5.41, 5.74) is 2.39. The minimum atomic E-state index is -1.02. The van der Waals surface area contributed by atoms with E-state index in [-0.39, 0.29) is 17.5 Å². The molecule has 1 heterocycles. The number of halogens is 2. The molecule has 148 valence electrons. The Morgan fingerprint density at radius 1 is 1.07 bits per heavy atom. The molecule has 29 heavy (non-hydrogen) atoms. The molecule has 0 aliphatic heterocycles. The first kappa shape index (κ1) is 19.2. The van der Waals surface area contributed by atoms with Crippen LogP contribution in [0.2, 0.25) is 0 Å². The fourth-order valence-corrected chi connectivity index (χ4v) is 4.25. The topological polar surface area (TPSA) is 71.1 Å². The van der Waals surface area contributed by atoms with Gasteiger partial charge in [-0.2, -0.15) is 0 Å². The Morgan fingerprint density at radius 2 is 1.83 bits per heavy atom. The molecule has 0 spiro atoms. The van der Waals surface area contributed by atoms with E-state index in [1.54, 1.807) is 12.1 Å². The molecule has 0 saturated heterocycles. The van der Waals surface area contributed by atoms with Gasteiger partial charge in [-0.3, -0.25) is 14.9 Å². The van der Waals surface area contributed by atoms with Crippen LogP contribution in [0.15, 0.2) is 42.5 Å². The molecule has 0 radical (unpaired) electrons. The molecule has 1 atom stereocenters. The summed E-state index contributed by atoms with van der Waals surface area (Å²) in [6.45, 7) is 1.94. The van der Waals surface area contributed by atoms with Crippen LogP contribution in [-0.4, -0.2) is 16.8 Å². The third-order valence-corrected chi connectivity index (χ3v) is 5.80.